The molecular formula is C14H19ClN2O2. The van der Waals surface area contributed by atoms with Gasteiger partial charge < -0.3 is 10.1 Å². The Bertz CT molecular complexity index is 435. The third kappa shape index (κ3) is 5.09. The molecule has 0 radical (unpaired) electrons. The predicted octanol–water partition coefficient (Wildman–Crippen LogP) is 1.93. The fourth-order valence-electron chi connectivity index (χ4n) is 1.70. The lowest BCUT2D eigenvalue weighted by molar-refractivity contribution is -0.122. The minimum atomic E-state index is 0.0859. The zero-order valence-corrected chi connectivity index (χ0v) is 11.8. The van der Waals surface area contributed by atoms with Crippen molar-refractivity contribution in [2.75, 3.05) is 26.7 Å². The van der Waals surface area contributed by atoms with Crippen molar-refractivity contribution in [3.8, 4) is 5.75 Å². The molecule has 0 saturated heterocycles. The van der Waals surface area contributed by atoms with Crippen LogP contribution < -0.4 is 10.1 Å². The van der Waals surface area contributed by atoms with Gasteiger partial charge in [0.1, 0.15) is 12.4 Å². The largest absolute Gasteiger partial charge is 0.491 e. The number of likely N-dealkylation sites (N-methyl/N-ethyl adjacent to an activating group) is 1. The monoisotopic (exact) mass is 282 g/mol. The van der Waals surface area contributed by atoms with E-state index in [1.54, 1.807) is 6.07 Å². The van der Waals surface area contributed by atoms with Crippen molar-refractivity contribution in [2.24, 2.45) is 0 Å². The van der Waals surface area contributed by atoms with Crippen molar-refractivity contribution in [2.45, 2.75) is 18.9 Å². The fraction of sp³-hybridized carbons (Fsp3) is 0.500. The van der Waals surface area contributed by atoms with E-state index in [0.717, 1.165) is 12.8 Å². The van der Waals surface area contributed by atoms with Gasteiger partial charge in [-0.05, 0) is 32.0 Å². The molecule has 19 heavy (non-hydrogen) atoms. The van der Waals surface area contributed by atoms with Crippen LogP contribution in [0.25, 0.3) is 0 Å². The number of rotatable bonds is 7. The molecule has 1 fully saturated rings. The molecule has 0 bridgehead atoms. The van der Waals surface area contributed by atoms with E-state index < -0.39 is 0 Å². The van der Waals surface area contributed by atoms with Crippen molar-refractivity contribution < 1.29 is 9.53 Å². The quantitative estimate of drug-likeness (QED) is 0.831. The summed E-state index contributed by atoms with van der Waals surface area (Å²) in [7, 11) is 1.91. The topological polar surface area (TPSA) is 41.6 Å². The predicted molar refractivity (Wildman–Crippen MR) is 75.6 cm³/mol. The van der Waals surface area contributed by atoms with E-state index in [0.29, 0.717) is 36.5 Å². The Morgan fingerprint density at radius 3 is 2.89 bits per heavy atom. The molecule has 1 N–H and O–H groups in total. The number of ether oxygens (including phenoxy) is 1. The number of amides is 1. The average Bonchev–Trinajstić information content (AvgIpc) is 3.15. The van der Waals surface area contributed by atoms with Crippen molar-refractivity contribution in [1.82, 2.24) is 10.2 Å². The maximum absolute atomic E-state index is 11.6. The van der Waals surface area contributed by atoms with Gasteiger partial charge in [-0.2, -0.15) is 0 Å². The summed E-state index contributed by atoms with van der Waals surface area (Å²) in [4.78, 5) is 13.5. The fourth-order valence-corrected chi connectivity index (χ4v) is 1.89. The number of para-hydroxylation sites is 1. The van der Waals surface area contributed by atoms with E-state index in [9.17, 15) is 4.79 Å². The number of benzene rings is 1. The van der Waals surface area contributed by atoms with Crippen LogP contribution in [-0.4, -0.2) is 43.6 Å². The second-order valence-corrected chi connectivity index (χ2v) is 5.27. The summed E-state index contributed by atoms with van der Waals surface area (Å²) in [5, 5.41) is 3.57. The Morgan fingerprint density at radius 1 is 1.47 bits per heavy atom. The highest BCUT2D eigenvalue weighted by molar-refractivity contribution is 6.32. The molecule has 0 spiro atoms. The molecule has 0 aliphatic heterocycles. The van der Waals surface area contributed by atoms with Crippen LogP contribution in [0.4, 0.5) is 0 Å². The highest BCUT2D eigenvalue weighted by Gasteiger charge is 2.23. The Labute approximate surface area is 118 Å². The first kappa shape index (κ1) is 14.2. The average molecular weight is 283 g/mol. The second-order valence-electron chi connectivity index (χ2n) is 4.86. The molecule has 1 aromatic carbocycles. The van der Waals surface area contributed by atoms with Gasteiger partial charge in [0, 0.05) is 12.6 Å². The molecule has 0 aromatic heterocycles. The van der Waals surface area contributed by atoms with Crippen LogP contribution in [-0.2, 0) is 4.79 Å². The zero-order valence-electron chi connectivity index (χ0n) is 11.1. The minimum absolute atomic E-state index is 0.0859. The van der Waals surface area contributed by atoms with E-state index in [4.69, 9.17) is 16.3 Å². The van der Waals surface area contributed by atoms with Crippen LogP contribution in [0.1, 0.15) is 12.8 Å². The molecule has 2 rings (SSSR count). The Hall–Kier alpha value is -1.26. The molecule has 1 saturated carbocycles. The number of nitrogens with one attached hydrogen (secondary N) is 1. The van der Waals surface area contributed by atoms with E-state index in [-0.39, 0.29) is 5.91 Å². The van der Waals surface area contributed by atoms with Gasteiger partial charge in [0.05, 0.1) is 11.6 Å². The molecule has 1 amide bonds. The number of hydrogen-bond donors (Lipinski definition) is 1. The van der Waals surface area contributed by atoms with Crippen LogP contribution in [0.3, 0.4) is 0 Å². The molecule has 1 aromatic rings. The number of carbonyl (C=O) groups is 1. The molecule has 0 heterocycles. The lowest BCUT2D eigenvalue weighted by Crippen LogP contribution is -2.37. The van der Waals surface area contributed by atoms with Gasteiger partial charge in [0.25, 0.3) is 0 Å². The zero-order chi connectivity index (χ0) is 13.7. The van der Waals surface area contributed by atoms with Crippen LogP contribution in [0.5, 0.6) is 5.75 Å². The van der Waals surface area contributed by atoms with Gasteiger partial charge in [-0.3, -0.25) is 9.69 Å². The summed E-state index contributed by atoms with van der Waals surface area (Å²) in [5.74, 6) is 0.766. The van der Waals surface area contributed by atoms with Gasteiger partial charge >= 0.3 is 0 Å². The molecule has 104 valence electrons. The normalized spacial score (nSPS) is 14.5. The van der Waals surface area contributed by atoms with Gasteiger partial charge in [0.2, 0.25) is 5.91 Å². The van der Waals surface area contributed by atoms with Gasteiger partial charge in [0.15, 0.2) is 0 Å². The summed E-state index contributed by atoms with van der Waals surface area (Å²) in [6.07, 6.45) is 2.23. The Balaban J connectivity index is 1.64. The maximum Gasteiger partial charge on any atom is 0.234 e. The van der Waals surface area contributed by atoms with Crippen molar-refractivity contribution in [3.05, 3.63) is 29.3 Å². The first-order valence-corrected chi connectivity index (χ1v) is 6.88. The van der Waals surface area contributed by atoms with Crippen molar-refractivity contribution in [3.63, 3.8) is 0 Å². The van der Waals surface area contributed by atoms with Crippen LogP contribution in [0, 0.1) is 0 Å². The van der Waals surface area contributed by atoms with E-state index in [2.05, 4.69) is 5.32 Å². The lowest BCUT2D eigenvalue weighted by atomic mass is 10.3. The Morgan fingerprint density at radius 2 is 2.21 bits per heavy atom. The highest BCUT2D eigenvalue weighted by Crippen LogP contribution is 2.22. The van der Waals surface area contributed by atoms with Crippen molar-refractivity contribution in [1.29, 1.82) is 0 Å². The van der Waals surface area contributed by atoms with Crippen LogP contribution in [0.2, 0.25) is 5.02 Å². The van der Waals surface area contributed by atoms with Gasteiger partial charge in [-0.1, -0.05) is 23.7 Å². The first-order chi connectivity index (χ1) is 9.15. The highest BCUT2D eigenvalue weighted by atomic mass is 35.5. The number of halogens is 1. The van der Waals surface area contributed by atoms with Crippen molar-refractivity contribution >= 4 is 17.5 Å². The molecule has 1 aliphatic carbocycles. The first-order valence-electron chi connectivity index (χ1n) is 6.50. The SMILES string of the molecule is CN(CCOc1ccccc1Cl)CC(=O)NC1CC1. The van der Waals surface area contributed by atoms with Crippen LogP contribution in [0.15, 0.2) is 24.3 Å². The molecule has 1 aliphatic rings. The van der Waals surface area contributed by atoms with Gasteiger partial charge in [-0.25, -0.2) is 0 Å². The standard InChI is InChI=1S/C14H19ClN2O2/c1-17(10-14(18)16-11-6-7-11)8-9-19-13-5-3-2-4-12(13)15/h2-5,11H,6-10H2,1H3,(H,16,18). The van der Waals surface area contributed by atoms with E-state index in [1.807, 2.05) is 30.1 Å². The third-order valence-electron chi connectivity index (χ3n) is 2.92. The van der Waals surface area contributed by atoms with E-state index >= 15 is 0 Å². The summed E-state index contributed by atoms with van der Waals surface area (Å²) in [6, 6.07) is 7.80. The second kappa shape index (κ2) is 6.78. The summed E-state index contributed by atoms with van der Waals surface area (Å²) < 4.78 is 5.58. The summed E-state index contributed by atoms with van der Waals surface area (Å²) in [6.45, 7) is 1.60. The number of nitrogens with zero attached hydrogens (tertiary/aromatic N) is 1. The molecular weight excluding hydrogens is 264 g/mol. The van der Waals surface area contributed by atoms with E-state index in [1.165, 1.54) is 0 Å². The summed E-state index contributed by atoms with van der Waals surface area (Å²) in [5.41, 5.74) is 0. The molecule has 4 nitrogen and oxygen atoms in total. The third-order valence-corrected chi connectivity index (χ3v) is 3.24. The molecule has 5 heteroatoms. The molecule has 0 atom stereocenters. The number of hydrogen-bond acceptors (Lipinski definition) is 3. The van der Waals surface area contributed by atoms with Crippen LogP contribution >= 0.6 is 11.6 Å². The maximum atomic E-state index is 11.6. The summed E-state index contributed by atoms with van der Waals surface area (Å²) >= 11 is 5.99. The molecule has 0 unspecified atom stereocenters. The number of carbonyl (C=O) groups excluding carboxylic acids is 1. The smallest absolute Gasteiger partial charge is 0.234 e. The lowest BCUT2D eigenvalue weighted by Gasteiger charge is -2.16. The van der Waals surface area contributed by atoms with Gasteiger partial charge in [-0.15, -0.1) is 0 Å². The minimum Gasteiger partial charge on any atom is -0.491 e. The Kier molecular flexibility index (Phi) is 5.05.